The maximum atomic E-state index is 11.3. The summed E-state index contributed by atoms with van der Waals surface area (Å²) >= 11 is 1.64. The van der Waals surface area contributed by atoms with Gasteiger partial charge in [0.05, 0.1) is 7.11 Å². The van der Waals surface area contributed by atoms with Crippen LogP contribution in [-0.4, -0.2) is 12.9 Å². The van der Waals surface area contributed by atoms with Crippen molar-refractivity contribution in [2.75, 3.05) is 7.11 Å². The van der Waals surface area contributed by atoms with E-state index in [1.807, 2.05) is 29.6 Å². The van der Waals surface area contributed by atoms with Crippen molar-refractivity contribution in [1.29, 1.82) is 0 Å². The fourth-order valence-corrected chi connectivity index (χ4v) is 2.54. The molecule has 0 fully saturated rings. The molecule has 0 saturated heterocycles. The van der Waals surface area contributed by atoms with Crippen molar-refractivity contribution in [3.05, 3.63) is 40.6 Å². The lowest BCUT2D eigenvalue weighted by Gasteiger charge is -2.12. The summed E-state index contributed by atoms with van der Waals surface area (Å²) in [5, 5.41) is 4.10. The Bertz CT molecular complexity index is 515. The van der Waals surface area contributed by atoms with E-state index >= 15 is 0 Å². The third-order valence-corrected chi connectivity index (χ3v) is 3.26. The standard InChI is InChI=1S/C14H14O2S/c1-10(15)8-11-4-3-5-13(16-2)14(11)12-6-7-17-9-12/h3-7,9H,8H2,1-2H3. The lowest BCUT2D eigenvalue weighted by Crippen LogP contribution is -2.00. The topological polar surface area (TPSA) is 26.3 Å². The number of thiophene rings is 1. The molecule has 0 spiro atoms. The highest BCUT2D eigenvalue weighted by molar-refractivity contribution is 7.08. The molecule has 0 radical (unpaired) electrons. The second-order valence-electron chi connectivity index (χ2n) is 3.89. The van der Waals surface area contributed by atoms with Gasteiger partial charge in [0.25, 0.3) is 0 Å². The van der Waals surface area contributed by atoms with Crippen LogP contribution in [0.1, 0.15) is 12.5 Å². The Balaban J connectivity index is 2.55. The first-order valence-corrected chi connectivity index (χ1v) is 6.34. The van der Waals surface area contributed by atoms with E-state index in [0.717, 1.165) is 22.4 Å². The molecule has 88 valence electrons. The van der Waals surface area contributed by atoms with Crippen LogP contribution in [0.25, 0.3) is 11.1 Å². The number of rotatable bonds is 4. The molecular formula is C14H14O2S. The molecule has 0 N–H and O–H groups in total. The third kappa shape index (κ3) is 2.56. The predicted molar refractivity (Wildman–Crippen MR) is 70.7 cm³/mol. The second-order valence-corrected chi connectivity index (χ2v) is 4.67. The third-order valence-electron chi connectivity index (χ3n) is 2.58. The molecule has 0 aliphatic carbocycles. The zero-order chi connectivity index (χ0) is 12.3. The summed E-state index contributed by atoms with van der Waals surface area (Å²) in [6.07, 6.45) is 0.447. The Morgan fingerprint density at radius 3 is 2.76 bits per heavy atom. The highest BCUT2D eigenvalue weighted by atomic mass is 32.1. The van der Waals surface area contributed by atoms with Gasteiger partial charge in [-0.2, -0.15) is 11.3 Å². The van der Waals surface area contributed by atoms with Crippen LogP contribution in [0.5, 0.6) is 5.75 Å². The van der Waals surface area contributed by atoms with E-state index in [1.54, 1.807) is 25.4 Å². The second kappa shape index (κ2) is 5.15. The Labute approximate surface area is 105 Å². The van der Waals surface area contributed by atoms with Crippen LogP contribution in [0.2, 0.25) is 0 Å². The number of benzene rings is 1. The van der Waals surface area contributed by atoms with Gasteiger partial charge in [0, 0.05) is 12.0 Å². The number of ketones is 1. The number of Topliss-reactive ketones (excluding diaryl/α,β-unsaturated/α-hetero) is 1. The first-order valence-electron chi connectivity index (χ1n) is 5.40. The molecule has 1 heterocycles. The maximum Gasteiger partial charge on any atom is 0.134 e. The van der Waals surface area contributed by atoms with Crippen molar-refractivity contribution in [2.24, 2.45) is 0 Å². The van der Waals surface area contributed by atoms with E-state index in [9.17, 15) is 4.79 Å². The Morgan fingerprint density at radius 1 is 1.35 bits per heavy atom. The molecule has 2 nitrogen and oxygen atoms in total. The molecule has 1 aromatic heterocycles. The van der Waals surface area contributed by atoms with Gasteiger partial charge >= 0.3 is 0 Å². The molecule has 3 heteroatoms. The van der Waals surface area contributed by atoms with E-state index in [1.165, 1.54) is 0 Å². The molecule has 1 aromatic carbocycles. The minimum atomic E-state index is 0.162. The van der Waals surface area contributed by atoms with Gasteiger partial charge in [-0.05, 0) is 40.9 Å². The summed E-state index contributed by atoms with van der Waals surface area (Å²) in [4.78, 5) is 11.3. The van der Waals surface area contributed by atoms with Crippen LogP contribution in [0, 0.1) is 0 Å². The van der Waals surface area contributed by atoms with Gasteiger partial charge in [-0.15, -0.1) is 0 Å². The average molecular weight is 246 g/mol. The number of carbonyl (C=O) groups excluding carboxylic acids is 1. The molecule has 0 aliphatic rings. The highest BCUT2D eigenvalue weighted by Gasteiger charge is 2.12. The number of hydrogen-bond acceptors (Lipinski definition) is 3. The Hall–Kier alpha value is -1.61. The number of methoxy groups -OCH3 is 1. The van der Waals surface area contributed by atoms with Crippen LogP contribution < -0.4 is 4.74 Å². The van der Waals surface area contributed by atoms with Gasteiger partial charge in [-0.3, -0.25) is 4.79 Å². The van der Waals surface area contributed by atoms with Crippen LogP contribution in [0.4, 0.5) is 0 Å². The fraction of sp³-hybridized carbons (Fsp3) is 0.214. The van der Waals surface area contributed by atoms with Gasteiger partial charge in [-0.25, -0.2) is 0 Å². The van der Waals surface area contributed by atoms with E-state index in [4.69, 9.17) is 4.74 Å². The molecule has 17 heavy (non-hydrogen) atoms. The lowest BCUT2D eigenvalue weighted by molar-refractivity contribution is -0.116. The van der Waals surface area contributed by atoms with E-state index < -0.39 is 0 Å². The summed E-state index contributed by atoms with van der Waals surface area (Å²) in [5.41, 5.74) is 3.17. The normalized spacial score (nSPS) is 10.2. The summed E-state index contributed by atoms with van der Waals surface area (Å²) in [7, 11) is 1.66. The monoisotopic (exact) mass is 246 g/mol. The van der Waals surface area contributed by atoms with E-state index in [0.29, 0.717) is 6.42 Å². The molecule has 0 saturated carbocycles. The largest absolute Gasteiger partial charge is 0.496 e. The van der Waals surface area contributed by atoms with Crippen molar-refractivity contribution >= 4 is 17.1 Å². The quantitative estimate of drug-likeness (QED) is 0.824. The predicted octanol–water partition coefficient (Wildman–Crippen LogP) is 3.56. The van der Waals surface area contributed by atoms with Crippen molar-refractivity contribution in [3.8, 4) is 16.9 Å². The first-order chi connectivity index (χ1) is 8.22. The summed E-state index contributed by atoms with van der Waals surface area (Å²) in [6, 6.07) is 7.88. The summed E-state index contributed by atoms with van der Waals surface area (Å²) in [6.45, 7) is 1.61. The molecule has 2 aromatic rings. The smallest absolute Gasteiger partial charge is 0.134 e. The molecule has 0 amide bonds. The molecule has 0 bridgehead atoms. The van der Waals surface area contributed by atoms with Crippen LogP contribution in [-0.2, 0) is 11.2 Å². The lowest BCUT2D eigenvalue weighted by atomic mass is 9.97. The molecule has 0 atom stereocenters. The van der Waals surface area contributed by atoms with Crippen molar-refractivity contribution in [1.82, 2.24) is 0 Å². The average Bonchev–Trinajstić information content (AvgIpc) is 2.81. The zero-order valence-corrected chi connectivity index (χ0v) is 10.7. The van der Waals surface area contributed by atoms with Crippen LogP contribution in [0.15, 0.2) is 35.0 Å². The van der Waals surface area contributed by atoms with E-state index in [-0.39, 0.29) is 5.78 Å². The van der Waals surface area contributed by atoms with Gasteiger partial charge in [0.2, 0.25) is 0 Å². The van der Waals surface area contributed by atoms with Crippen molar-refractivity contribution < 1.29 is 9.53 Å². The molecular weight excluding hydrogens is 232 g/mol. The minimum absolute atomic E-state index is 0.162. The number of ether oxygens (including phenoxy) is 1. The van der Waals surface area contributed by atoms with Gasteiger partial charge in [-0.1, -0.05) is 12.1 Å². The molecule has 2 rings (SSSR count). The maximum absolute atomic E-state index is 11.3. The Morgan fingerprint density at radius 2 is 2.18 bits per heavy atom. The van der Waals surface area contributed by atoms with Crippen LogP contribution in [0.3, 0.4) is 0 Å². The van der Waals surface area contributed by atoms with Gasteiger partial charge in [0.1, 0.15) is 11.5 Å². The highest BCUT2D eigenvalue weighted by Crippen LogP contribution is 2.34. The van der Waals surface area contributed by atoms with Gasteiger partial charge < -0.3 is 4.74 Å². The van der Waals surface area contributed by atoms with Crippen molar-refractivity contribution in [3.63, 3.8) is 0 Å². The van der Waals surface area contributed by atoms with Crippen LogP contribution >= 0.6 is 11.3 Å². The summed E-state index contributed by atoms with van der Waals surface area (Å²) < 4.78 is 5.38. The SMILES string of the molecule is COc1cccc(CC(C)=O)c1-c1ccsc1. The molecule has 0 unspecified atom stereocenters. The molecule has 0 aliphatic heterocycles. The first kappa shape index (κ1) is 11.9. The fourth-order valence-electron chi connectivity index (χ4n) is 1.90. The zero-order valence-electron chi connectivity index (χ0n) is 9.90. The van der Waals surface area contributed by atoms with E-state index in [2.05, 4.69) is 5.38 Å². The summed E-state index contributed by atoms with van der Waals surface area (Å²) in [5.74, 6) is 0.983. The minimum Gasteiger partial charge on any atom is -0.496 e. The number of hydrogen-bond donors (Lipinski definition) is 0. The van der Waals surface area contributed by atoms with Gasteiger partial charge in [0.15, 0.2) is 0 Å². The van der Waals surface area contributed by atoms with Crippen molar-refractivity contribution in [2.45, 2.75) is 13.3 Å². The Kier molecular flexibility index (Phi) is 3.59. The number of carbonyl (C=O) groups is 1.